The van der Waals surface area contributed by atoms with Crippen molar-refractivity contribution in [1.29, 1.82) is 0 Å². The molecule has 2 N–H and O–H groups in total. The van der Waals surface area contributed by atoms with E-state index in [1.165, 1.54) is 0 Å². The predicted octanol–water partition coefficient (Wildman–Crippen LogP) is 2.93. The Morgan fingerprint density at radius 3 is 2.71 bits per heavy atom. The minimum Gasteiger partial charge on any atom is -0.456 e. The van der Waals surface area contributed by atoms with Gasteiger partial charge in [-0.25, -0.2) is 0 Å². The molecule has 2 atom stereocenters. The molecule has 1 aromatic heterocycles. The number of nitrogens with one attached hydrogen (secondary N) is 1. The van der Waals surface area contributed by atoms with Crippen molar-refractivity contribution in [2.75, 3.05) is 13.2 Å². The second-order valence-corrected chi connectivity index (χ2v) is 6.06. The van der Waals surface area contributed by atoms with Crippen LogP contribution in [0, 0.1) is 11.8 Å². The maximum absolute atomic E-state index is 12.2. The Bertz CT molecular complexity index is 445. The highest BCUT2D eigenvalue weighted by atomic mass is 16.4. The Balaban J connectivity index is 1.88. The molecular weight excluding hydrogens is 266 g/mol. The zero-order valence-corrected chi connectivity index (χ0v) is 13.2. The first-order chi connectivity index (χ1) is 10.2. The number of furan rings is 1. The molecule has 1 saturated carbocycles. The molecule has 1 aliphatic carbocycles. The van der Waals surface area contributed by atoms with Gasteiger partial charge in [0, 0.05) is 19.6 Å². The number of rotatable bonds is 6. The van der Waals surface area contributed by atoms with Gasteiger partial charge in [-0.2, -0.15) is 0 Å². The van der Waals surface area contributed by atoms with E-state index in [1.807, 2.05) is 13.0 Å². The molecule has 21 heavy (non-hydrogen) atoms. The van der Waals surface area contributed by atoms with E-state index in [1.54, 1.807) is 0 Å². The molecule has 0 aliphatic heterocycles. The quantitative estimate of drug-likeness (QED) is 0.847. The summed E-state index contributed by atoms with van der Waals surface area (Å²) in [6, 6.07) is 1.87. The lowest BCUT2D eigenvalue weighted by atomic mass is 9.82. The molecule has 2 rings (SSSR count). The van der Waals surface area contributed by atoms with E-state index in [-0.39, 0.29) is 12.5 Å². The summed E-state index contributed by atoms with van der Waals surface area (Å²) in [6.07, 6.45) is 6.11. The lowest BCUT2D eigenvalue weighted by Gasteiger charge is -2.27. The van der Waals surface area contributed by atoms with E-state index in [2.05, 4.69) is 12.2 Å². The highest BCUT2D eigenvalue weighted by molar-refractivity contribution is 5.91. The van der Waals surface area contributed by atoms with Crippen LogP contribution in [-0.2, 0) is 12.8 Å². The van der Waals surface area contributed by atoms with E-state index in [9.17, 15) is 9.90 Å². The topological polar surface area (TPSA) is 62.5 Å². The largest absolute Gasteiger partial charge is 0.456 e. The van der Waals surface area contributed by atoms with E-state index in [0.29, 0.717) is 24.1 Å². The molecule has 1 aromatic rings. The van der Waals surface area contributed by atoms with Gasteiger partial charge < -0.3 is 14.8 Å². The van der Waals surface area contributed by atoms with Crippen molar-refractivity contribution in [3.05, 3.63) is 23.2 Å². The van der Waals surface area contributed by atoms with Crippen LogP contribution in [0.15, 0.2) is 10.5 Å². The second-order valence-electron chi connectivity index (χ2n) is 6.06. The summed E-state index contributed by atoms with van der Waals surface area (Å²) in [4.78, 5) is 12.2. The molecule has 4 heteroatoms. The molecule has 1 aliphatic rings. The van der Waals surface area contributed by atoms with Crippen molar-refractivity contribution in [1.82, 2.24) is 5.32 Å². The summed E-state index contributed by atoms with van der Waals surface area (Å²) in [7, 11) is 0. The fraction of sp³-hybridized carbons (Fsp3) is 0.706. The lowest BCUT2D eigenvalue weighted by molar-refractivity contribution is 0.0905. The van der Waals surface area contributed by atoms with Crippen molar-refractivity contribution < 1.29 is 14.3 Å². The number of aliphatic hydroxyl groups excluding tert-OH is 1. The SMILES string of the molecule is CCc1cc(C(=O)NC[C@H]2CCC[C@@H](CO)C2)oc1CC. The summed E-state index contributed by atoms with van der Waals surface area (Å²) in [5, 5.41) is 12.2. The minimum atomic E-state index is -0.115. The van der Waals surface area contributed by atoms with Gasteiger partial charge in [0.2, 0.25) is 0 Å². The van der Waals surface area contributed by atoms with Gasteiger partial charge in [0.05, 0.1) is 0 Å². The summed E-state index contributed by atoms with van der Waals surface area (Å²) in [5.41, 5.74) is 1.13. The van der Waals surface area contributed by atoms with E-state index < -0.39 is 0 Å². The Labute approximate surface area is 126 Å². The molecule has 0 spiro atoms. The van der Waals surface area contributed by atoms with Crippen LogP contribution in [0.4, 0.5) is 0 Å². The van der Waals surface area contributed by atoms with Crippen molar-refractivity contribution in [2.24, 2.45) is 11.8 Å². The van der Waals surface area contributed by atoms with Crippen molar-refractivity contribution in [3.63, 3.8) is 0 Å². The van der Waals surface area contributed by atoms with Gasteiger partial charge in [0.15, 0.2) is 5.76 Å². The molecular formula is C17H27NO3. The van der Waals surface area contributed by atoms with Gasteiger partial charge in [-0.05, 0) is 49.1 Å². The van der Waals surface area contributed by atoms with Crippen molar-refractivity contribution in [2.45, 2.75) is 52.4 Å². The van der Waals surface area contributed by atoms with Crippen LogP contribution in [0.5, 0.6) is 0 Å². The van der Waals surface area contributed by atoms with Crippen LogP contribution in [0.25, 0.3) is 0 Å². The van der Waals surface area contributed by atoms with Crippen LogP contribution in [-0.4, -0.2) is 24.2 Å². The Morgan fingerprint density at radius 1 is 1.33 bits per heavy atom. The molecule has 1 heterocycles. The van der Waals surface area contributed by atoms with Crippen LogP contribution >= 0.6 is 0 Å². The molecule has 1 fully saturated rings. The summed E-state index contributed by atoms with van der Waals surface area (Å²) >= 11 is 0. The number of aliphatic hydroxyl groups is 1. The summed E-state index contributed by atoms with van der Waals surface area (Å²) < 4.78 is 5.65. The van der Waals surface area contributed by atoms with E-state index >= 15 is 0 Å². The van der Waals surface area contributed by atoms with Gasteiger partial charge in [0.25, 0.3) is 5.91 Å². The fourth-order valence-corrected chi connectivity index (χ4v) is 3.25. The number of hydrogen-bond donors (Lipinski definition) is 2. The Hall–Kier alpha value is -1.29. The van der Waals surface area contributed by atoms with Crippen molar-refractivity contribution in [3.8, 4) is 0 Å². The average molecular weight is 293 g/mol. The average Bonchev–Trinajstić information content (AvgIpc) is 2.96. The molecule has 0 aromatic carbocycles. The highest BCUT2D eigenvalue weighted by Crippen LogP contribution is 2.28. The molecule has 0 radical (unpaired) electrons. The standard InChI is InChI=1S/C17H27NO3/c1-3-14-9-16(21-15(14)4-2)17(20)18-10-12-6-5-7-13(8-12)11-19/h9,12-13,19H,3-8,10-11H2,1-2H3,(H,18,20)/t12-,13+/m0/s1. The van der Waals surface area contributed by atoms with Crippen LogP contribution < -0.4 is 5.32 Å². The smallest absolute Gasteiger partial charge is 0.287 e. The third-order valence-corrected chi connectivity index (χ3v) is 4.52. The highest BCUT2D eigenvalue weighted by Gasteiger charge is 2.22. The normalized spacial score (nSPS) is 22.2. The maximum Gasteiger partial charge on any atom is 0.287 e. The predicted molar refractivity (Wildman–Crippen MR) is 82.3 cm³/mol. The van der Waals surface area contributed by atoms with Gasteiger partial charge in [0.1, 0.15) is 5.76 Å². The molecule has 0 bridgehead atoms. The Morgan fingerprint density at radius 2 is 2.10 bits per heavy atom. The first-order valence-electron chi connectivity index (χ1n) is 8.18. The lowest BCUT2D eigenvalue weighted by Crippen LogP contribution is -2.32. The third-order valence-electron chi connectivity index (χ3n) is 4.52. The number of aryl methyl sites for hydroxylation is 2. The monoisotopic (exact) mass is 293 g/mol. The molecule has 0 saturated heterocycles. The van der Waals surface area contributed by atoms with Gasteiger partial charge in [-0.1, -0.05) is 20.3 Å². The molecule has 118 valence electrons. The molecule has 0 unspecified atom stereocenters. The van der Waals surface area contributed by atoms with Gasteiger partial charge >= 0.3 is 0 Å². The molecule has 1 amide bonds. The first-order valence-corrected chi connectivity index (χ1v) is 8.18. The fourth-order valence-electron chi connectivity index (χ4n) is 3.25. The second kappa shape index (κ2) is 7.64. The zero-order chi connectivity index (χ0) is 15.2. The van der Waals surface area contributed by atoms with Crippen molar-refractivity contribution >= 4 is 5.91 Å². The number of carbonyl (C=O) groups is 1. The van der Waals surface area contributed by atoms with E-state index in [0.717, 1.165) is 49.8 Å². The van der Waals surface area contributed by atoms with Crippen LogP contribution in [0.2, 0.25) is 0 Å². The summed E-state index contributed by atoms with van der Waals surface area (Å²) in [5.74, 6) is 2.11. The summed E-state index contributed by atoms with van der Waals surface area (Å²) in [6.45, 7) is 5.06. The maximum atomic E-state index is 12.2. The number of amides is 1. The third kappa shape index (κ3) is 4.10. The Kier molecular flexibility index (Phi) is 5.85. The first kappa shape index (κ1) is 16.1. The number of carbonyl (C=O) groups excluding carboxylic acids is 1. The molecule has 4 nitrogen and oxygen atoms in total. The minimum absolute atomic E-state index is 0.115. The van der Waals surface area contributed by atoms with Gasteiger partial charge in [-0.3, -0.25) is 4.79 Å². The van der Waals surface area contributed by atoms with Gasteiger partial charge in [-0.15, -0.1) is 0 Å². The number of hydrogen-bond acceptors (Lipinski definition) is 3. The van der Waals surface area contributed by atoms with Crippen LogP contribution in [0.3, 0.4) is 0 Å². The van der Waals surface area contributed by atoms with Crippen LogP contribution in [0.1, 0.15) is 61.4 Å². The zero-order valence-electron chi connectivity index (χ0n) is 13.2. The van der Waals surface area contributed by atoms with E-state index in [4.69, 9.17) is 4.42 Å².